The SMILES string of the molecule is C=CCC[C@@H](c1cc(OC)c(OC)cc1Br)N1CCNCC1.Cl.Cl. The maximum Gasteiger partial charge on any atom is 0.161 e. The minimum absolute atomic E-state index is 0. The number of allylic oxidation sites excluding steroid dienone is 1. The van der Waals surface area contributed by atoms with Gasteiger partial charge in [0, 0.05) is 36.7 Å². The van der Waals surface area contributed by atoms with Crippen molar-refractivity contribution in [2.24, 2.45) is 0 Å². The molecule has 7 heteroatoms. The van der Waals surface area contributed by atoms with Crippen LogP contribution in [0.25, 0.3) is 0 Å². The van der Waals surface area contributed by atoms with Gasteiger partial charge in [-0.2, -0.15) is 0 Å². The van der Waals surface area contributed by atoms with Crippen LogP contribution < -0.4 is 14.8 Å². The van der Waals surface area contributed by atoms with Crippen molar-refractivity contribution >= 4 is 40.7 Å². The van der Waals surface area contributed by atoms with Crippen LogP contribution in [0.3, 0.4) is 0 Å². The fourth-order valence-corrected chi connectivity index (χ4v) is 3.52. The third-order valence-corrected chi connectivity index (χ3v) is 4.79. The number of ether oxygens (including phenoxy) is 2. The van der Waals surface area contributed by atoms with Crippen LogP contribution in [-0.4, -0.2) is 45.3 Å². The predicted octanol–water partition coefficient (Wildman–Crippen LogP) is 4.22. The van der Waals surface area contributed by atoms with E-state index in [0.29, 0.717) is 6.04 Å². The molecule has 1 N–H and O–H groups in total. The van der Waals surface area contributed by atoms with E-state index >= 15 is 0 Å². The number of benzene rings is 1. The average Bonchev–Trinajstić information content (AvgIpc) is 2.57. The molecule has 0 bridgehead atoms. The maximum absolute atomic E-state index is 5.48. The molecule has 1 aromatic rings. The van der Waals surface area contributed by atoms with E-state index in [1.54, 1.807) is 14.2 Å². The van der Waals surface area contributed by atoms with E-state index in [-0.39, 0.29) is 24.8 Å². The number of halogens is 3. The molecule has 4 nitrogen and oxygen atoms in total. The Balaban J connectivity index is 0.00000264. The second kappa shape index (κ2) is 12.0. The summed E-state index contributed by atoms with van der Waals surface area (Å²) in [7, 11) is 3.34. The van der Waals surface area contributed by atoms with Gasteiger partial charge in [-0.1, -0.05) is 22.0 Å². The number of hydrogen-bond donors (Lipinski definition) is 1. The van der Waals surface area contributed by atoms with Gasteiger partial charge < -0.3 is 14.8 Å². The molecule has 1 fully saturated rings. The molecule has 0 saturated carbocycles. The van der Waals surface area contributed by atoms with Crippen molar-refractivity contribution in [3.8, 4) is 11.5 Å². The minimum atomic E-state index is 0. The second-order valence-electron chi connectivity index (χ2n) is 5.40. The first kappa shape index (κ1) is 23.5. The molecule has 24 heavy (non-hydrogen) atoms. The summed E-state index contributed by atoms with van der Waals surface area (Å²) in [6, 6.07) is 4.45. The number of hydrogen-bond acceptors (Lipinski definition) is 4. The first-order valence-corrected chi connectivity index (χ1v) is 8.47. The predicted molar refractivity (Wildman–Crippen MR) is 108 cm³/mol. The van der Waals surface area contributed by atoms with E-state index in [1.165, 1.54) is 5.56 Å². The van der Waals surface area contributed by atoms with Crippen LogP contribution in [0, 0.1) is 0 Å². The summed E-state index contributed by atoms with van der Waals surface area (Å²) in [5.74, 6) is 1.53. The summed E-state index contributed by atoms with van der Waals surface area (Å²) >= 11 is 3.71. The molecule has 0 radical (unpaired) electrons. The molecule has 1 saturated heterocycles. The highest BCUT2D eigenvalue weighted by Gasteiger charge is 2.24. The molecule has 0 aromatic heterocycles. The number of nitrogens with one attached hydrogen (secondary N) is 1. The topological polar surface area (TPSA) is 33.7 Å². The largest absolute Gasteiger partial charge is 0.493 e. The van der Waals surface area contributed by atoms with E-state index in [4.69, 9.17) is 9.47 Å². The molecule has 2 rings (SSSR count). The molecule has 0 aliphatic carbocycles. The van der Waals surface area contributed by atoms with Crippen molar-refractivity contribution in [2.45, 2.75) is 18.9 Å². The molecular formula is C17H27BrCl2N2O2. The number of nitrogens with zero attached hydrogens (tertiary/aromatic N) is 1. The Morgan fingerprint density at radius 1 is 1.21 bits per heavy atom. The minimum Gasteiger partial charge on any atom is -0.493 e. The van der Waals surface area contributed by atoms with Gasteiger partial charge in [0.25, 0.3) is 0 Å². The van der Waals surface area contributed by atoms with Gasteiger partial charge in [0.05, 0.1) is 14.2 Å². The van der Waals surface area contributed by atoms with Crippen molar-refractivity contribution in [3.63, 3.8) is 0 Å². The quantitative estimate of drug-likeness (QED) is 0.642. The smallest absolute Gasteiger partial charge is 0.161 e. The van der Waals surface area contributed by atoms with Crippen molar-refractivity contribution < 1.29 is 9.47 Å². The van der Waals surface area contributed by atoms with E-state index in [1.807, 2.05) is 12.1 Å². The van der Waals surface area contributed by atoms with Crippen LogP contribution in [0.1, 0.15) is 24.4 Å². The number of piperazine rings is 1. The van der Waals surface area contributed by atoms with Crippen molar-refractivity contribution in [2.75, 3.05) is 40.4 Å². The summed E-state index contributed by atoms with van der Waals surface area (Å²) in [6.45, 7) is 8.06. The molecule has 1 aromatic carbocycles. The zero-order chi connectivity index (χ0) is 15.9. The maximum atomic E-state index is 5.48. The highest BCUT2D eigenvalue weighted by atomic mass is 79.9. The lowest BCUT2D eigenvalue weighted by Crippen LogP contribution is -2.45. The fourth-order valence-electron chi connectivity index (χ4n) is 2.93. The summed E-state index contributed by atoms with van der Waals surface area (Å²) in [5, 5.41) is 3.41. The van der Waals surface area contributed by atoms with Crippen LogP contribution in [0.2, 0.25) is 0 Å². The molecule has 0 unspecified atom stereocenters. The molecular weight excluding hydrogens is 415 g/mol. The summed E-state index contributed by atoms with van der Waals surface area (Å²) in [6.07, 6.45) is 4.04. The number of methoxy groups -OCH3 is 2. The normalized spacial score (nSPS) is 15.6. The monoisotopic (exact) mass is 440 g/mol. The first-order valence-electron chi connectivity index (χ1n) is 7.68. The van der Waals surface area contributed by atoms with Crippen molar-refractivity contribution in [1.82, 2.24) is 10.2 Å². The Morgan fingerprint density at radius 3 is 2.33 bits per heavy atom. The highest BCUT2D eigenvalue weighted by molar-refractivity contribution is 9.10. The van der Waals surface area contributed by atoms with Crippen molar-refractivity contribution in [3.05, 3.63) is 34.8 Å². The average molecular weight is 442 g/mol. The lowest BCUT2D eigenvalue weighted by molar-refractivity contribution is 0.165. The molecule has 0 amide bonds. The van der Waals surface area contributed by atoms with Crippen molar-refractivity contribution in [1.29, 1.82) is 0 Å². The zero-order valence-corrected chi connectivity index (χ0v) is 17.4. The van der Waals surface area contributed by atoms with E-state index < -0.39 is 0 Å². The molecule has 1 aliphatic rings. The second-order valence-corrected chi connectivity index (χ2v) is 6.25. The van der Waals surface area contributed by atoms with E-state index in [2.05, 4.69) is 38.8 Å². The van der Waals surface area contributed by atoms with E-state index in [9.17, 15) is 0 Å². The van der Waals surface area contributed by atoms with Crippen LogP contribution >= 0.6 is 40.7 Å². The molecule has 1 atom stereocenters. The molecule has 1 aliphatic heterocycles. The van der Waals surface area contributed by atoms with Crippen LogP contribution in [-0.2, 0) is 0 Å². The molecule has 138 valence electrons. The van der Waals surface area contributed by atoms with E-state index in [0.717, 1.165) is 55.0 Å². The Labute approximate surface area is 165 Å². The van der Waals surface area contributed by atoms with Crippen LogP contribution in [0.4, 0.5) is 0 Å². The Morgan fingerprint density at radius 2 is 1.79 bits per heavy atom. The Kier molecular flexibility index (Phi) is 11.8. The summed E-state index contributed by atoms with van der Waals surface area (Å²) in [5.41, 5.74) is 1.25. The molecule has 0 spiro atoms. The van der Waals surface area contributed by atoms with Gasteiger partial charge in [-0.15, -0.1) is 31.4 Å². The third-order valence-electron chi connectivity index (χ3n) is 4.10. The third kappa shape index (κ3) is 5.81. The van der Waals surface area contributed by atoms with Gasteiger partial charge in [0.15, 0.2) is 11.5 Å². The van der Waals surface area contributed by atoms with Crippen LogP contribution in [0.5, 0.6) is 11.5 Å². The standard InChI is InChI=1S/C17H25BrN2O2.2ClH/c1-4-5-6-15(20-9-7-19-8-10-20)13-11-16(21-2)17(22-3)12-14(13)18;;/h4,11-12,15,19H,1,5-10H2,2-3H3;2*1H/t15-;;/m0../s1. The molecule has 1 heterocycles. The summed E-state index contributed by atoms with van der Waals surface area (Å²) < 4.78 is 11.9. The van der Waals surface area contributed by atoms with Gasteiger partial charge in [-0.3, -0.25) is 4.90 Å². The van der Waals surface area contributed by atoms with Gasteiger partial charge >= 0.3 is 0 Å². The van der Waals surface area contributed by atoms with Gasteiger partial charge in [0.2, 0.25) is 0 Å². The highest BCUT2D eigenvalue weighted by Crippen LogP contribution is 2.39. The van der Waals surface area contributed by atoms with Gasteiger partial charge in [-0.25, -0.2) is 0 Å². The number of rotatable bonds is 7. The first-order chi connectivity index (χ1) is 10.7. The lowest BCUT2D eigenvalue weighted by atomic mass is 9.99. The Bertz CT molecular complexity index is 512. The lowest BCUT2D eigenvalue weighted by Gasteiger charge is -2.36. The van der Waals surface area contributed by atoms with Crippen LogP contribution in [0.15, 0.2) is 29.3 Å². The Hall–Kier alpha value is -0.460. The zero-order valence-electron chi connectivity index (χ0n) is 14.2. The fraction of sp³-hybridized carbons (Fsp3) is 0.529. The summed E-state index contributed by atoms with van der Waals surface area (Å²) in [4.78, 5) is 2.53. The van der Waals surface area contributed by atoms with Gasteiger partial charge in [0.1, 0.15) is 0 Å². The van der Waals surface area contributed by atoms with Gasteiger partial charge in [-0.05, 0) is 30.5 Å².